The van der Waals surface area contributed by atoms with Crippen LogP contribution < -0.4 is 0 Å². The van der Waals surface area contributed by atoms with Gasteiger partial charge in [-0.05, 0) is 101 Å². The summed E-state index contributed by atoms with van der Waals surface area (Å²) < 4.78 is 2.67. The lowest BCUT2D eigenvalue weighted by molar-refractivity contribution is 1.50. The van der Waals surface area contributed by atoms with Crippen LogP contribution in [0, 0.1) is 0 Å². The Kier molecular flexibility index (Phi) is 6.41. The third-order valence-corrected chi connectivity index (χ3v) is 11.6. The van der Waals surface area contributed by atoms with E-state index in [0.29, 0.717) is 0 Å². The highest BCUT2D eigenvalue weighted by Crippen LogP contribution is 2.43. The fraction of sp³-hybridized carbons (Fsp3) is 0.0455. The van der Waals surface area contributed by atoms with Gasteiger partial charge in [-0.2, -0.15) is 0 Å². The van der Waals surface area contributed by atoms with Crippen molar-refractivity contribution in [1.29, 1.82) is 0 Å². The van der Waals surface area contributed by atoms with Gasteiger partial charge >= 0.3 is 0 Å². The highest BCUT2D eigenvalue weighted by atomic mass is 32.1. The molecule has 0 radical (unpaired) electrons. The summed E-state index contributed by atoms with van der Waals surface area (Å²) in [6.45, 7) is 4.00. The van der Waals surface area contributed by atoms with Crippen LogP contribution in [0.2, 0.25) is 0 Å². The highest BCUT2D eigenvalue weighted by molar-refractivity contribution is 7.22. The monoisotopic (exact) mass is 622 g/mol. The first kappa shape index (κ1) is 27.3. The molecule has 46 heavy (non-hydrogen) atoms. The Labute approximate surface area is 275 Å². The lowest BCUT2D eigenvalue weighted by Crippen LogP contribution is -1.82. The summed E-state index contributed by atoms with van der Waals surface area (Å²) in [6, 6.07) is 54.3. The van der Waals surface area contributed by atoms with E-state index in [1.165, 1.54) is 94.9 Å². The lowest BCUT2D eigenvalue weighted by Gasteiger charge is -2.09. The summed E-state index contributed by atoms with van der Waals surface area (Å²) >= 11 is 3.77. The normalized spacial score (nSPS) is 11.7. The van der Waals surface area contributed by atoms with Gasteiger partial charge in [0, 0.05) is 29.9 Å². The molecule has 0 atom stereocenters. The number of hydrogen-bond acceptors (Lipinski definition) is 2. The van der Waals surface area contributed by atoms with E-state index in [1.807, 2.05) is 36.5 Å². The second kappa shape index (κ2) is 10.8. The topological polar surface area (TPSA) is 0 Å². The molecule has 2 heteroatoms. The van der Waals surface area contributed by atoms with Crippen molar-refractivity contribution < 1.29 is 0 Å². The maximum atomic E-state index is 2.39. The lowest BCUT2D eigenvalue weighted by atomic mass is 9.94. The first-order chi connectivity index (χ1) is 22.8. The molecule has 8 aromatic carbocycles. The average Bonchev–Trinajstić information content (AvgIpc) is 3.77. The molecule has 0 amide bonds. The number of thiophene rings is 2. The predicted molar refractivity (Wildman–Crippen MR) is 207 cm³/mol. The SMILES string of the molecule is CC.c1ccc2cc(-c3cc4c(ccc5c4ccc4c6ccc7sc(-c8ccc9ccccc9c8)cc7c6ccc54)s3)ccc2c1. The maximum Gasteiger partial charge on any atom is 0.0355 e. The fourth-order valence-corrected chi connectivity index (χ4v) is 9.19. The molecule has 2 aromatic heterocycles. The molecule has 0 aliphatic rings. The van der Waals surface area contributed by atoms with Crippen molar-refractivity contribution in [3.05, 3.63) is 146 Å². The van der Waals surface area contributed by atoms with Gasteiger partial charge in [0.15, 0.2) is 0 Å². The maximum absolute atomic E-state index is 2.39. The van der Waals surface area contributed by atoms with Gasteiger partial charge in [0.25, 0.3) is 0 Å². The highest BCUT2D eigenvalue weighted by Gasteiger charge is 2.14. The fourth-order valence-electron chi connectivity index (χ4n) is 7.05. The van der Waals surface area contributed by atoms with Gasteiger partial charge in [0.05, 0.1) is 0 Å². The Bertz CT molecular complexity index is 2580. The standard InChI is InChI=1S/C42H24S2.C2H6/c1-3-7-27-21-29(11-9-25(27)5-1)41-23-37-35-15-13-32-31(33(35)17-19-39(37)43-41)14-16-36-34(32)18-20-40-38(36)24-42(44-40)30-12-10-26-6-2-4-8-28(26)22-30;1-2/h1-24H;1-2H3. The van der Waals surface area contributed by atoms with E-state index in [0.717, 1.165) is 0 Å². The molecule has 0 N–H and O–H groups in total. The van der Waals surface area contributed by atoms with Gasteiger partial charge in [-0.3, -0.25) is 0 Å². The predicted octanol–water partition coefficient (Wildman–Crippen LogP) is 14.2. The van der Waals surface area contributed by atoms with E-state index in [9.17, 15) is 0 Å². The zero-order valence-corrected chi connectivity index (χ0v) is 27.3. The number of fused-ring (bicyclic) bond motifs is 11. The largest absolute Gasteiger partial charge is 0.135 e. The van der Waals surface area contributed by atoms with E-state index in [4.69, 9.17) is 0 Å². The quantitative estimate of drug-likeness (QED) is 0.168. The van der Waals surface area contributed by atoms with Crippen molar-refractivity contribution >= 4 is 96.7 Å². The molecular formula is C44H30S2. The van der Waals surface area contributed by atoms with Crippen LogP contribution in [0.4, 0.5) is 0 Å². The molecule has 10 aromatic rings. The summed E-state index contributed by atoms with van der Waals surface area (Å²) in [5.74, 6) is 0. The number of benzene rings is 8. The van der Waals surface area contributed by atoms with Crippen molar-refractivity contribution in [3.63, 3.8) is 0 Å². The van der Waals surface area contributed by atoms with E-state index >= 15 is 0 Å². The Balaban J connectivity index is 0.00000143. The molecule has 0 saturated heterocycles. The minimum Gasteiger partial charge on any atom is -0.135 e. The molecule has 0 aliphatic heterocycles. The average molecular weight is 623 g/mol. The van der Waals surface area contributed by atoms with Crippen LogP contribution in [0.1, 0.15) is 13.8 Å². The van der Waals surface area contributed by atoms with Crippen LogP contribution in [0.15, 0.2) is 146 Å². The first-order valence-electron chi connectivity index (χ1n) is 16.0. The summed E-state index contributed by atoms with van der Waals surface area (Å²) in [7, 11) is 0. The second-order valence-corrected chi connectivity index (χ2v) is 13.9. The van der Waals surface area contributed by atoms with Crippen LogP contribution >= 0.6 is 22.7 Å². The molecule has 10 rings (SSSR count). The van der Waals surface area contributed by atoms with Gasteiger partial charge in [0.2, 0.25) is 0 Å². The zero-order chi connectivity index (χ0) is 30.8. The van der Waals surface area contributed by atoms with Crippen molar-refractivity contribution in [2.75, 3.05) is 0 Å². The molecule has 0 saturated carbocycles. The molecule has 2 heterocycles. The van der Waals surface area contributed by atoms with Gasteiger partial charge in [-0.25, -0.2) is 0 Å². The summed E-state index contributed by atoms with van der Waals surface area (Å²) in [6.07, 6.45) is 0. The van der Waals surface area contributed by atoms with Crippen LogP contribution in [0.5, 0.6) is 0 Å². The van der Waals surface area contributed by atoms with E-state index in [-0.39, 0.29) is 0 Å². The van der Waals surface area contributed by atoms with Crippen molar-refractivity contribution in [2.45, 2.75) is 13.8 Å². The third kappa shape index (κ3) is 4.25. The molecule has 0 spiro atoms. The molecule has 218 valence electrons. The Morgan fingerprint density at radius 3 is 1.07 bits per heavy atom. The van der Waals surface area contributed by atoms with Crippen LogP contribution in [-0.4, -0.2) is 0 Å². The molecular weight excluding hydrogens is 593 g/mol. The van der Waals surface area contributed by atoms with Gasteiger partial charge in [-0.1, -0.05) is 123 Å². The molecule has 0 aliphatic carbocycles. The minimum absolute atomic E-state index is 1.28. The van der Waals surface area contributed by atoms with E-state index < -0.39 is 0 Å². The number of rotatable bonds is 2. The van der Waals surface area contributed by atoms with Crippen LogP contribution in [-0.2, 0) is 0 Å². The smallest absolute Gasteiger partial charge is 0.0355 e. The molecule has 0 fully saturated rings. The van der Waals surface area contributed by atoms with Crippen molar-refractivity contribution in [1.82, 2.24) is 0 Å². The molecule has 0 nitrogen and oxygen atoms in total. The van der Waals surface area contributed by atoms with Crippen molar-refractivity contribution in [2.24, 2.45) is 0 Å². The van der Waals surface area contributed by atoms with E-state index in [2.05, 4.69) is 146 Å². The van der Waals surface area contributed by atoms with Crippen LogP contribution in [0.3, 0.4) is 0 Å². The van der Waals surface area contributed by atoms with Crippen molar-refractivity contribution in [3.8, 4) is 20.9 Å². The van der Waals surface area contributed by atoms with Gasteiger partial charge in [-0.15, -0.1) is 22.7 Å². The summed E-state index contributed by atoms with van der Waals surface area (Å²) in [5.41, 5.74) is 2.57. The Morgan fingerprint density at radius 1 is 0.304 bits per heavy atom. The Morgan fingerprint density at radius 2 is 0.652 bits per heavy atom. The van der Waals surface area contributed by atoms with Gasteiger partial charge < -0.3 is 0 Å². The second-order valence-electron chi connectivity index (χ2n) is 11.7. The molecule has 0 unspecified atom stereocenters. The summed E-state index contributed by atoms with van der Waals surface area (Å²) in [5, 5.41) is 15.8. The zero-order valence-electron chi connectivity index (χ0n) is 25.7. The Hall–Kier alpha value is -5.02. The van der Waals surface area contributed by atoms with E-state index in [1.54, 1.807) is 0 Å². The summed E-state index contributed by atoms with van der Waals surface area (Å²) in [4.78, 5) is 2.64. The van der Waals surface area contributed by atoms with Gasteiger partial charge in [0.1, 0.15) is 0 Å². The van der Waals surface area contributed by atoms with Crippen LogP contribution in [0.25, 0.3) is 94.9 Å². The molecule has 0 bridgehead atoms. The number of hydrogen-bond donors (Lipinski definition) is 0. The first-order valence-corrected chi connectivity index (χ1v) is 17.6. The minimum atomic E-state index is 1.28. The third-order valence-electron chi connectivity index (χ3n) is 9.26.